The molecule has 1 aromatic heterocycles. The van der Waals surface area contributed by atoms with Crippen molar-refractivity contribution in [3.8, 4) is 5.88 Å². The molecule has 0 aliphatic carbocycles. The van der Waals surface area contributed by atoms with Gasteiger partial charge in [-0.25, -0.2) is 4.98 Å². The van der Waals surface area contributed by atoms with E-state index in [-0.39, 0.29) is 0 Å². The second-order valence-corrected chi connectivity index (χ2v) is 3.50. The Morgan fingerprint density at radius 1 is 1.54 bits per heavy atom. The van der Waals surface area contributed by atoms with Gasteiger partial charge in [0, 0.05) is 12.3 Å². The largest absolute Gasteiger partial charge is 0.477 e. The van der Waals surface area contributed by atoms with Gasteiger partial charge in [0.25, 0.3) is 0 Å². The highest BCUT2D eigenvalue weighted by molar-refractivity contribution is 5.18. The molecule has 0 saturated heterocycles. The molecule has 0 fully saturated rings. The van der Waals surface area contributed by atoms with E-state index < -0.39 is 0 Å². The highest BCUT2D eigenvalue weighted by Crippen LogP contribution is 2.10. The number of aryl methyl sites for hydroxylation is 1. The average Bonchev–Trinajstić information content (AvgIpc) is 2.14. The Labute approximate surface area is 80.0 Å². The Kier molecular flexibility index (Phi) is 3.74. The fraction of sp³-hybridized carbons (Fsp3) is 0.545. The lowest BCUT2D eigenvalue weighted by Gasteiger charge is -2.09. The molecule has 0 radical (unpaired) electrons. The Hall–Kier alpha value is -1.05. The van der Waals surface area contributed by atoms with Crippen molar-refractivity contribution in [1.82, 2.24) is 4.98 Å². The molecule has 0 aliphatic rings. The van der Waals surface area contributed by atoms with Crippen LogP contribution in [0.2, 0.25) is 0 Å². The third kappa shape index (κ3) is 3.45. The summed E-state index contributed by atoms with van der Waals surface area (Å²) < 4.78 is 5.53. The molecule has 0 saturated carbocycles. The van der Waals surface area contributed by atoms with Crippen LogP contribution in [0, 0.1) is 12.8 Å². The van der Waals surface area contributed by atoms with Gasteiger partial charge in [-0.3, -0.25) is 0 Å². The van der Waals surface area contributed by atoms with Crippen LogP contribution in [0.3, 0.4) is 0 Å². The molecule has 1 unspecified atom stereocenters. The van der Waals surface area contributed by atoms with Crippen molar-refractivity contribution in [3.63, 3.8) is 0 Å². The van der Waals surface area contributed by atoms with E-state index in [1.807, 2.05) is 19.1 Å². The normalized spacial score (nSPS) is 12.5. The van der Waals surface area contributed by atoms with Gasteiger partial charge in [-0.1, -0.05) is 20.3 Å². The summed E-state index contributed by atoms with van der Waals surface area (Å²) >= 11 is 0. The number of ether oxygens (including phenoxy) is 1. The molecule has 0 amide bonds. The van der Waals surface area contributed by atoms with E-state index >= 15 is 0 Å². The molecule has 72 valence electrons. The summed E-state index contributed by atoms with van der Waals surface area (Å²) in [5, 5.41) is 0. The first-order valence-corrected chi connectivity index (χ1v) is 4.77. The van der Waals surface area contributed by atoms with E-state index in [1.165, 1.54) is 5.56 Å². The molecule has 1 rings (SSSR count). The van der Waals surface area contributed by atoms with Crippen LogP contribution in [0.4, 0.5) is 0 Å². The summed E-state index contributed by atoms with van der Waals surface area (Å²) in [5.74, 6) is 1.34. The Morgan fingerprint density at radius 3 is 2.92 bits per heavy atom. The van der Waals surface area contributed by atoms with Gasteiger partial charge in [-0.2, -0.15) is 0 Å². The maximum atomic E-state index is 5.53. The van der Waals surface area contributed by atoms with Crippen molar-refractivity contribution in [2.75, 3.05) is 6.61 Å². The van der Waals surface area contributed by atoms with E-state index in [1.54, 1.807) is 6.20 Å². The van der Waals surface area contributed by atoms with Gasteiger partial charge in [0.05, 0.1) is 6.61 Å². The van der Waals surface area contributed by atoms with Crippen molar-refractivity contribution < 1.29 is 4.74 Å². The predicted molar refractivity (Wildman–Crippen MR) is 53.9 cm³/mol. The summed E-state index contributed by atoms with van der Waals surface area (Å²) in [6.07, 6.45) is 2.92. The van der Waals surface area contributed by atoms with Crippen LogP contribution in [0.25, 0.3) is 0 Å². The Morgan fingerprint density at radius 2 is 2.31 bits per heavy atom. The second kappa shape index (κ2) is 4.85. The van der Waals surface area contributed by atoms with Crippen molar-refractivity contribution in [2.24, 2.45) is 5.92 Å². The first kappa shape index (κ1) is 10.0. The van der Waals surface area contributed by atoms with Gasteiger partial charge < -0.3 is 4.74 Å². The van der Waals surface area contributed by atoms with E-state index in [0.717, 1.165) is 18.9 Å². The minimum atomic E-state index is 0.599. The maximum absolute atomic E-state index is 5.53. The molecule has 1 heterocycles. The van der Waals surface area contributed by atoms with Crippen molar-refractivity contribution in [2.45, 2.75) is 27.2 Å². The van der Waals surface area contributed by atoms with Crippen LogP contribution in [-0.4, -0.2) is 11.6 Å². The smallest absolute Gasteiger partial charge is 0.213 e. The molecule has 0 N–H and O–H groups in total. The highest BCUT2D eigenvalue weighted by atomic mass is 16.5. The molecule has 2 heteroatoms. The van der Waals surface area contributed by atoms with Crippen LogP contribution >= 0.6 is 0 Å². The quantitative estimate of drug-likeness (QED) is 0.709. The molecule has 0 bridgehead atoms. The maximum Gasteiger partial charge on any atom is 0.213 e. The fourth-order valence-corrected chi connectivity index (χ4v) is 0.933. The molecular weight excluding hydrogens is 162 g/mol. The van der Waals surface area contributed by atoms with Crippen LogP contribution in [-0.2, 0) is 0 Å². The number of aromatic nitrogens is 1. The highest BCUT2D eigenvalue weighted by Gasteiger charge is 2.00. The third-order valence-electron chi connectivity index (χ3n) is 2.10. The van der Waals surface area contributed by atoms with Gasteiger partial charge in [-0.15, -0.1) is 0 Å². The van der Waals surface area contributed by atoms with E-state index in [2.05, 4.69) is 18.8 Å². The van der Waals surface area contributed by atoms with Crippen LogP contribution < -0.4 is 4.74 Å². The topological polar surface area (TPSA) is 22.1 Å². The van der Waals surface area contributed by atoms with Crippen LogP contribution in [0.15, 0.2) is 18.3 Å². The summed E-state index contributed by atoms with van der Waals surface area (Å²) in [7, 11) is 0. The van der Waals surface area contributed by atoms with Crippen molar-refractivity contribution in [1.29, 1.82) is 0 Å². The number of pyridine rings is 1. The molecule has 0 spiro atoms. The number of rotatable bonds is 4. The van der Waals surface area contributed by atoms with E-state index in [4.69, 9.17) is 4.74 Å². The number of nitrogens with zero attached hydrogens (tertiary/aromatic N) is 1. The standard InChI is InChI=1S/C11H17NO/c1-4-9(2)8-13-11-7-10(3)5-6-12-11/h5-7,9H,4,8H2,1-3H3. The molecule has 1 atom stereocenters. The summed E-state index contributed by atoms with van der Waals surface area (Å²) in [6, 6.07) is 3.93. The summed E-state index contributed by atoms with van der Waals surface area (Å²) in [6.45, 7) is 7.14. The SMILES string of the molecule is CCC(C)COc1cc(C)ccn1. The third-order valence-corrected chi connectivity index (χ3v) is 2.10. The zero-order valence-corrected chi connectivity index (χ0v) is 8.58. The molecular formula is C11H17NO. The molecule has 2 nitrogen and oxygen atoms in total. The van der Waals surface area contributed by atoms with Crippen molar-refractivity contribution >= 4 is 0 Å². The van der Waals surface area contributed by atoms with Gasteiger partial charge in [0.1, 0.15) is 0 Å². The molecule has 1 aromatic rings. The second-order valence-electron chi connectivity index (χ2n) is 3.50. The van der Waals surface area contributed by atoms with Gasteiger partial charge in [0.2, 0.25) is 5.88 Å². The molecule has 13 heavy (non-hydrogen) atoms. The van der Waals surface area contributed by atoms with Gasteiger partial charge >= 0.3 is 0 Å². The lowest BCUT2D eigenvalue weighted by atomic mass is 10.1. The minimum absolute atomic E-state index is 0.599. The van der Waals surface area contributed by atoms with Gasteiger partial charge in [0.15, 0.2) is 0 Å². The van der Waals surface area contributed by atoms with Crippen LogP contribution in [0.5, 0.6) is 5.88 Å². The number of hydrogen-bond acceptors (Lipinski definition) is 2. The lowest BCUT2D eigenvalue weighted by Crippen LogP contribution is -2.07. The monoisotopic (exact) mass is 179 g/mol. The van der Waals surface area contributed by atoms with E-state index in [9.17, 15) is 0 Å². The number of hydrogen-bond donors (Lipinski definition) is 0. The van der Waals surface area contributed by atoms with Crippen LogP contribution in [0.1, 0.15) is 25.8 Å². The Balaban J connectivity index is 2.45. The Bertz CT molecular complexity index is 260. The summed E-state index contributed by atoms with van der Waals surface area (Å²) in [4.78, 5) is 4.12. The summed E-state index contributed by atoms with van der Waals surface area (Å²) in [5.41, 5.74) is 1.19. The molecule has 0 aromatic carbocycles. The first-order chi connectivity index (χ1) is 6.22. The zero-order valence-electron chi connectivity index (χ0n) is 8.58. The minimum Gasteiger partial charge on any atom is -0.477 e. The fourth-order valence-electron chi connectivity index (χ4n) is 0.933. The zero-order chi connectivity index (χ0) is 9.68. The average molecular weight is 179 g/mol. The van der Waals surface area contributed by atoms with Gasteiger partial charge in [-0.05, 0) is 24.5 Å². The lowest BCUT2D eigenvalue weighted by molar-refractivity contribution is 0.247. The molecule has 0 aliphatic heterocycles. The predicted octanol–water partition coefficient (Wildman–Crippen LogP) is 2.81. The van der Waals surface area contributed by atoms with E-state index in [0.29, 0.717) is 5.92 Å². The first-order valence-electron chi connectivity index (χ1n) is 4.77. The van der Waals surface area contributed by atoms with Crippen molar-refractivity contribution in [3.05, 3.63) is 23.9 Å².